The second-order valence-corrected chi connectivity index (χ2v) is 7.09. The number of hydrogen-bond acceptors (Lipinski definition) is 5. The van der Waals surface area contributed by atoms with Gasteiger partial charge in [0.05, 0.1) is 18.7 Å². The smallest absolute Gasteiger partial charge is 0.239 e. The number of hydrogen-bond donors (Lipinski definition) is 2. The van der Waals surface area contributed by atoms with Crippen LogP contribution in [0.2, 0.25) is 0 Å². The molecule has 2 heterocycles. The van der Waals surface area contributed by atoms with Gasteiger partial charge < -0.3 is 10.6 Å². The number of anilines is 1. The van der Waals surface area contributed by atoms with E-state index in [0.29, 0.717) is 23.7 Å². The molecule has 0 radical (unpaired) electrons. The second kappa shape index (κ2) is 7.11. The average molecular weight is 332 g/mol. The predicted octanol–water partition coefficient (Wildman–Crippen LogP) is 1.26. The van der Waals surface area contributed by atoms with Crippen LogP contribution in [0, 0.1) is 11.3 Å². The number of nitrogens with one attached hydrogen (secondary N) is 2. The topological polar surface area (TPSA) is 85.2 Å². The second-order valence-electron chi connectivity index (χ2n) is 5.99. The van der Waals surface area contributed by atoms with Crippen LogP contribution in [0.25, 0.3) is 0 Å². The summed E-state index contributed by atoms with van der Waals surface area (Å²) >= 11 is 1.54. The van der Waals surface area contributed by atoms with Crippen molar-refractivity contribution >= 4 is 28.2 Å². The van der Waals surface area contributed by atoms with Gasteiger partial charge in [-0.1, -0.05) is 6.42 Å². The summed E-state index contributed by atoms with van der Waals surface area (Å²) in [6, 6.07) is 2.27. The first-order valence-electron chi connectivity index (χ1n) is 8.01. The minimum Gasteiger partial charge on any atom is -0.354 e. The molecule has 0 bridgehead atoms. The van der Waals surface area contributed by atoms with Crippen LogP contribution in [0.1, 0.15) is 35.3 Å². The van der Waals surface area contributed by atoms with Crippen molar-refractivity contribution in [1.82, 2.24) is 10.2 Å². The zero-order valence-corrected chi connectivity index (χ0v) is 13.8. The largest absolute Gasteiger partial charge is 0.354 e. The molecule has 1 aromatic rings. The molecule has 1 aromatic heterocycles. The van der Waals surface area contributed by atoms with Gasteiger partial charge in [0.25, 0.3) is 0 Å². The molecule has 23 heavy (non-hydrogen) atoms. The summed E-state index contributed by atoms with van der Waals surface area (Å²) in [6.07, 6.45) is 5.38. The molecule has 0 unspecified atom stereocenters. The first-order chi connectivity index (χ1) is 11.2. The SMILES string of the molecule is N#Cc1c(NC(=O)CN2CCNC(=O)C2)sc2c1CCCCC2. The van der Waals surface area contributed by atoms with Crippen molar-refractivity contribution in [3.63, 3.8) is 0 Å². The molecule has 6 nitrogen and oxygen atoms in total. The molecule has 0 aromatic carbocycles. The Hall–Kier alpha value is -1.91. The molecule has 1 fully saturated rings. The number of nitriles is 1. The summed E-state index contributed by atoms with van der Waals surface area (Å²) in [5.41, 5.74) is 1.76. The van der Waals surface area contributed by atoms with Crippen LogP contribution >= 0.6 is 11.3 Å². The Morgan fingerprint density at radius 2 is 2.17 bits per heavy atom. The maximum absolute atomic E-state index is 12.2. The van der Waals surface area contributed by atoms with E-state index in [0.717, 1.165) is 31.2 Å². The summed E-state index contributed by atoms with van der Waals surface area (Å²) in [5, 5.41) is 15.8. The fourth-order valence-electron chi connectivity index (χ4n) is 3.14. The normalized spacial score (nSPS) is 18.5. The van der Waals surface area contributed by atoms with E-state index < -0.39 is 0 Å². The molecule has 2 aliphatic rings. The van der Waals surface area contributed by atoms with Gasteiger partial charge in [-0.2, -0.15) is 5.26 Å². The number of thiophene rings is 1. The average Bonchev–Trinajstić information content (AvgIpc) is 2.67. The lowest BCUT2D eigenvalue weighted by atomic mass is 10.1. The third-order valence-corrected chi connectivity index (χ3v) is 5.48. The van der Waals surface area contributed by atoms with Crippen LogP contribution in [-0.4, -0.2) is 42.9 Å². The fourth-order valence-corrected chi connectivity index (χ4v) is 4.40. The summed E-state index contributed by atoms with van der Waals surface area (Å²) in [5.74, 6) is -0.211. The van der Waals surface area contributed by atoms with Gasteiger partial charge in [0.15, 0.2) is 0 Å². The number of nitrogens with zero attached hydrogens (tertiary/aromatic N) is 2. The van der Waals surface area contributed by atoms with Crippen LogP contribution < -0.4 is 10.6 Å². The highest BCUT2D eigenvalue weighted by molar-refractivity contribution is 7.16. The van der Waals surface area contributed by atoms with E-state index in [1.54, 1.807) is 0 Å². The number of carbonyl (C=O) groups excluding carboxylic acids is 2. The van der Waals surface area contributed by atoms with Crippen molar-refractivity contribution in [2.45, 2.75) is 32.1 Å². The van der Waals surface area contributed by atoms with Crippen LogP contribution in [-0.2, 0) is 22.4 Å². The summed E-state index contributed by atoms with van der Waals surface area (Å²) in [4.78, 5) is 26.7. The highest BCUT2D eigenvalue weighted by Gasteiger charge is 2.23. The van der Waals surface area contributed by atoms with Gasteiger partial charge in [-0.15, -0.1) is 11.3 Å². The van der Waals surface area contributed by atoms with E-state index >= 15 is 0 Å². The molecule has 1 aliphatic heterocycles. The molecule has 0 saturated carbocycles. The van der Waals surface area contributed by atoms with E-state index in [9.17, 15) is 14.9 Å². The molecule has 7 heteroatoms. The van der Waals surface area contributed by atoms with Crippen molar-refractivity contribution in [3.05, 3.63) is 16.0 Å². The molecular formula is C16H20N4O2S. The quantitative estimate of drug-likeness (QED) is 0.816. The Labute approximate surface area is 139 Å². The van der Waals surface area contributed by atoms with Crippen molar-refractivity contribution in [2.24, 2.45) is 0 Å². The number of rotatable bonds is 3. The van der Waals surface area contributed by atoms with Crippen molar-refractivity contribution in [2.75, 3.05) is 31.5 Å². The highest BCUT2D eigenvalue weighted by atomic mass is 32.1. The maximum atomic E-state index is 12.2. The number of aryl methyl sites for hydroxylation is 1. The number of piperazine rings is 1. The molecular weight excluding hydrogens is 312 g/mol. The Kier molecular flexibility index (Phi) is 4.94. The standard InChI is InChI=1S/C16H20N4O2S/c17-8-12-11-4-2-1-3-5-13(11)23-16(12)19-15(22)10-20-7-6-18-14(21)9-20/h1-7,9-10H2,(H,18,21)(H,19,22). The molecule has 2 N–H and O–H groups in total. The first-order valence-corrected chi connectivity index (χ1v) is 8.82. The zero-order chi connectivity index (χ0) is 16.2. The van der Waals surface area contributed by atoms with Gasteiger partial charge in [0.1, 0.15) is 11.1 Å². The molecule has 1 aliphatic carbocycles. The van der Waals surface area contributed by atoms with Gasteiger partial charge in [0, 0.05) is 18.0 Å². The molecule has 122 valence electrons. The van der Waals surface area contributed by atoms with Crippen molar-refractivity contribution in [1.29, 1.82) is 5.26 Å². The third kappa shape index (κ3) is 3.71. The van der Waals surface area contributed by atoms with Gasteiger partial charge in [-0.3, -0.25) is 14.5 Å². The summed E-state index contributed by atoms with van der Waals surface area (Å²) in [6.45, 7) is 1.67. The Balaban J connectivity index is 1.69. The molecule has 2 amide bonds. The predicted molar refractivity (Wildman–Crippen MR) is 88.4 cm³/mol. The van der Waals surface area contributed by atoms with Crippen LogP contribution in [0.3, 0.4) is 0 Å². The van der Waals surface area contributed by atoms with Gasteiger partial charge in [-0.05, 0) is 31.2 Å². The van der Waals surface area contributed by atoms with E-state index in [1.165, 1.54) is 22.6 Å². The fraction of sp³-hybridized carbons (Fsp3) is 0.562. The van der Waals surface area contributed by atoms with Crippen LogP contribution in [0.15, 0.2) is 0 Å². The Morgan fingerprint density at radius 1 is 1.35 bits per heavy atom. The van der Waals surface area contributed by atoms with Crippen molar-refractivity contribution < 1.29 is 9.59 Å². The minimum absolute atomic E-state index is 0.0513. The van der Waals surface area contributed by atoms with Gasteiger partial charge in [-0.25, -0.2) is 0 Å². The third-order valence-electron chi connectivity index (χ3n) is 4.27. The minimum atomic E-state index is -0.160. The van der Waals surface area contributed by atoms with Crippen LogP contribution in [0.4, 0.5) is 5.00 Å². The summed E-state index contributed by atoms with van der Waals surface area (Å²) < 4.78 is 0. The number of carbonyl (C=O) groups is 2. The lowest BCUT2D eigenvalue weighted by Crippen LogP contribution is -2.49. The Bertz CT molecular complexity index is 662. The zero-order valence-electron chi connectivity index (χ0n) is 13.0. The van der Waals surface area contributed by atoms with E-state index in [2.05, 4.69) is 16.7 Å². The van der Waals surface area contributed by atoms with Gasteiger partial charge in [0.2, 0.25) is 11.8 Å². The lowest BCUT2D eigenvalue weighted by Gasteiger charge is -2.25. The van der Waals surface area contributed by atoms with Crippen LogP contribution in [0.5, 0.6) is 0 Å². The summed E-state index contributed by atoms with van der Waals surface area (Å²) in [7, 11) is 0. The Morgan fingerprint density at radius 3 is 2.96 bits per heavy atom. The molecule has 1 saturated heterocycles. The maximum Gasteiger partial charge on any atom is 0.239 e. The molecule has 0 spiro atoms. The van der Waals surface area contributed by atoms with Crippen molar-refractivity contribution in [3.8, 4) is 6.07 Å². The first kappa shape index (κ1) is 16.0. The lowest BCUT2D eigenvalue weighted by molar-refractivity contribution is -0.125. The number of amides is 2. The van der Waals surface area contributed by atoms with Gasteiger partial charge >= 0.3 is 0 Å². The monoisotopic (exact) mass is 332 g/mol. The molecule has 3 rings (SSSR count). The highest BCUT2D eigenvalue weighted by Crippen LogP contribution is 2.36. The van der Waals surface area contributed by atoms with E-state index in [4.69, 9.17) is 0 Å². The van der Waals surface area contributed by atoms with E-state index in [-0.39, 0.29) is 24.9 Å². The number of fused-ring (bicyclic) bond motifs is 1. The van der Waals surface area contributed by atoms with E-state index in [1.807, 2.05) is 4.90 Å². The molecule has 0 atom stereocenters.